The first-order chi connectivity index (χ1) is 8.72. The molecule has 0 unspecified atom stereocenters. The minimum Gasteiger partial charge on any atom is -0.436 e. The van der Waals surface area contributed by atoms with Crippen molar-refractivity contribution >= 4 is 0 Å². The predicted octanol–water partition coefficient (Wildman–Crippen LogP) is 2.25. The third-order valence-electron chi connectivity index (χ3n) is 2.67. The fourth-order valence-electron chi connectivity index (χ4n) is 1.71. The standard InChI is InChI=1S/C13H18N4O/c1-3-6-17-9-12(8-15-17)18-13-5-4-11(7-14)10(2)16-13/h4-5,8-9H,3,6-7,14H2,1-2H3. The lowest BCUT2D eigenvalue weighted by Crippen LogP contribution is -2.01. The molecule has 0 saturated carbocycles. The van der Waals surface area contributed by atoms with E-state index in [9.17, 15) is 0 Å². The molecule has 0 spiro atoms. The van der Waals surface area contributed by atoms with Crippen LogP contribution in [0.4, 0.5) is 0 Å². The van der Waals surface area contributed by atoms with Crippen LogP contribution in [0.25, 0.3) is 0 Å². The highest BCUT2D eigenvalue weighted by Crippen LogP contribution is 2.20. The van der Waals surface area contributed by atoms with Gasteiger partial charge in [-0.1, -0.05) is 13.0 Å². The van der Waals surface area contributed by atoms with Gasteiger partial charge >= 0.3 is 0 Å². The van der Waals surface area contributed by atoms with Gasteiger partial charge in [-0.3, -0.25) is 4.68 Å². The highest BCUT2D eigenvalue weighted by molar-refractivity contribution is 5.28. The number of pyridine rings is 1. The third kappa shape index (κ3) is 2.87. The van der Waals surface area contributed by atoms with Crippen molar-refractivity contribution in [3.63, 3.8) is 0 Å². The summed E-state index contributed by atoms with van der Waals surface area (Å²) in [6.07, 6.45) is 4.62. The van der Waals surface area contributed by atoms with Gasteiger partial charge in [0, 0.05) is 24.8 Å². The zero-order chi connectivity index (χ0) is 13.0. The second kappa shape index (κ2) is 5.64. The van der Waals surface area contributed by atoms with E-state index in [2.05, 4.69) is 17.0 Å². The van der Waals surface area contributed by atoms with Crippen molar-refractivity contribution in [2.75, 3.05) is 0 Å². The second-order valence-electron chi connectivity index (χ2n) is 4.14. The minimum absolute atomic E-state index is 0.494. The topological polar surface area (TPSA) is 66.0 Å². The predicted molar refractivity (Wildman–Crippen MR) is 69.5 cm³/mol. The molecule has 5 heteroatoms. The fraction of sp³-hybridized carbons (Fsp3) is 0.385. The average molecular weight is 246 g/mol. The average Bonchev–Trinajstić information content (AvgIpc) is 2.77. The summed E-state index contributed by atoms with van der Waals surface area (Å²) in [6.45, 7) is 5.42. The van der Waals surface area contributed by atoms with Crippen LogP contribution in [0.1, 0.15) is 24.6 Å². The van der Waals surface area contributed by atoms with Crippen LogP contribution in [0.15, 0.2) is 24.5 Å². The van der Waals surface area contributed by atoms with Crippen molar-refractivity contribution in [1.82, 2.24) is 14.8 Å². The summed E-state index contributed by atoms with van der Waals surface area (Å²) in [7, 11) is 0. The zero-order valence-corrected chi connectivity index (χ0v) is 10.8. The molecule has 2 heterocycles. The summed E-state index contributed by atoms with van der Waals surface area (Å²) >= 11 is 0. The lowest BCUT2D eigenvalue weighted by Gasteiger charge is -2.05. The van der Waals surface area contributed by atoms with Crippen LogP contribution in [0, 0.1) is 6.92 Å². The van der Waals surface area contributed by atoms with E-state index in [4.69, 9.17) is 10.5 Å². The molecule has 96 valence electrons. The van der Waals surface area contributed by atoms with Crippen molar-refractivity contribution in [3.05, 3.63) is 35.8 Å². The van der Waals surface area contributed by atoms with Gasteiger partial charge < -0.3 is 10.5 Å². The minimum atomic E-state index is 0.494. The van der Waals surface area contributed by atoms with Gasteiger partial charge in [0.15, 0.2) is 5.75 Å². The first kappa shape index (κ1) is 12.6. The van der Waals surface area contributed by atoms with Crippen LogP contribution in [-0.4, -0.2) is 14.8 Å². The number of rotatable bonds is 5. The van der Waals surface area contributed by atoms with Gasteiger partial charge in [-0.05, 0) is 18.9 Å². The highest BCUT2D eigenvalue weighted by atomic mass is 16.5. The van der Waals surface area contributed by atoms with Gasteiger partial charge in [-0.15, -0.1) is 0 Å². The van der Waals surface area contributed by atoms with Gasteiger partial charge in [0.2, 0.25) is 5.88 Å². The van der Waals surface area contributed by atoms with E-state index in [-0.39, 0.29) is 0 Å². The Kier molecular flexibility index (Phi) is 3.94. The molecule has 0 aliphatic carbocycles. The number of ether oxygens (including phenoxy) is 1. The normalized spacial score (nSPS) is 10.6. The molecule has 5 nitrogen and oxygen atoms in total. The number of aryl methyl sites for hydroxylation is 2. The summed E-state index contributed by atoms with van der Waals surface area (Å²) < 4.78 is 7.51. The van der Waals surface area contributed by atoms with E-state index in [0.717, 1.165) is 24.2 Å². The first-order valence-corrected chi connectivity index (χ1v) is 6.10. The van der Waals surface area contributed by atoms with Crippen molar-refractivity contribution in [3.8, 4) is 11.6 Å². The Labute approximate surface area is 107 Å². The van der Waals surface area contributed by atoms with Crippen LogP contribution < -0.4 is 10.5 Å². The van der Waals surface area contributed by atoms with E-state index < -0.39 is 0 Å². The van der Waals surface area contributed by atoms with Crippen molar-refractivity contribution in [1.29, 1.82) is 0 Å². The Balaban J connectivity index is 2.10. The Morgan fingerprint density at radius 3 is 2.89 bits per heavy atom. The van der Waals surface area contributed by atoms with Crippen molar-refractivity contribution in [2.45, 2.75) is 33.4 Å². The smallest absolute Gasteiger partial charge is 0.219 e. The van der Waals surface area contributed by atoms with Crippen LogP contribution in [0.3, 0.4) is 0 Å². The number of nitrogens with zero attached hydrogens (tertiary/aromatic N) is 3. The van der Waals surface area contributed by atoms with E-state index in [0.29, 0.717) is 18.2 Å². The van der Waals surface area contributed by atoms with Gasteiger partial charge in [-0.25, -0.2) is 4.98 Å². The molecule has 2 rings (SSSR count). The lowest BCUT2D eigenvalue weighted by molar-refractivity contribution is 0.459. The Hall–Kier alpha value is -1.88. The summed E-state index contributed by atoms with van der Waals surface area (Å²) in [5, 5.41) is 4.20. The summed E-state index contributed by atoms with van der Waals surface area (Å²) in [5.41, 5.74) is 7.53. The molecule has 18 heavy (non-hydrogen) atoms. The quantitative estimate of drug-likeness (QED) is 0.878. The summed E-state index contributed by atoms with van der Waals surface area (Å²) in [6, 6.07) is 3.76. The highest BCUT2D eigenvalue weighted by Gasteiger charge is 2.04. The monoisotopic (exact) mass is 246 g/mol. The number of hydrogen-bond donors (Lipinski definition) is 1. The Bertz CT molecular complexity index is 521. The van der Waals surface area contributed by atoms with Crippen LogP contribution in [-0.2, 0) is 13.1 Å². The molecule has 2 aromatic rings. The molecular weight excluding hydrogens is 228 g/mol. The van der Waals surface area contributed by atoms with Gasteiger partial charge in [0.05, 0.1) is 12.4 Å². The number of nitrogens with two attached hydrogens (primary N) is 1. The van der Waals surface area contributed by atoms with Gasteiger partial charge in [0.1, 0.15) is 0 Å². The SMILES string of the molecule is CCCn1cc(Oc2ccc(CN)c(C)n2)cn1. The maximum atomic E-state index is 5.65. The van der Waals surface area contributed by atoms with Crippen molar-refractivity contribution in [2.24, 2.45) is 5.73 Å². The molecule has 0 aliphatic rings. The molecular formula is C13H18N4O. The van der Waals surface area contributed by atoms with Gasteiger partial charge in [-0.2, -0.15) is 5.10 Å². The van der Waals surface area contributed by atoms with Gasteiger partial charge in [0.25, 0.3) is 0 Å². The molecule has 0 fully saturated rings. The Morgan fingerprint density at radius 2 is 2.22 bits per heavy atom. The van der Waals surface area contributed by atoms with Crippen molar-refractivity contribution < 1.29 is 4.74 Å². The molecule has 0 amide bonds. The third-order valence-corrected chi connectivity index (χ3v) is 2.67. The summed E-state index contributed by atoms with van der Waals surface area (Å²) in [4.78, 5) is 4.36. The fourth-order valence-corrected chi connectivity index (χ4v) is 1.71. The number of hydrogen-bond acceptors (Lipinski definition) is 4. The van der Waals surface area contributed by atoms with E-state index in [1.807, 2.05) is 29.9 Å². The number of aromatic nitrogens is 3. The van der Waals surface area contributed by atoms with E-state index >= 15 is 0 Å². The Morgan fingerprint density at radius 1 is 1.39 bits per heavy atom. The maximum Gasteiger partial charge on any atom is 0.219 e. The zero-order valence-electron chi connectivity index (χ0n) is 10.8. The molecule has 2 aromatic heterocycles. The molecule has 0 bridgehead atoms. The summed E-state index contributed by atoms with van der Waals surface area (Å²) in [5.74, 6) is 1.27. The maximum absolute atomic E-state index is 5.65. The molecule has 0 saturated heterocycles. The van der Waals surface area contributed by atoms with Crippen LogP contribution in [0.2, 0.25) is 0 Å². The molecule has 0 radical (unpaired) electrons. The van der Waals surface area contributed by atoms with E-state index in [1.54, 1.807) is 6.20 Å². The second-order valence-corrected chi connectivity index (χ2v) is 4.14. The first-order valence-electron chi connectivity index (χ1n) is 6.10. The van der Waals surface area contributed by atoms with Crippen LogP contribution >= 0.6 is 0 Å². The lowest BCUT2D eigenvalue weighted by atomic mass is 10.2. The van der Waals surface area contributed by atoms with E-state index in [1.165, 1.54) is 0 Å². The largest absolute Gasteiger partial charge is 0.436 e. The van der Waals surface area contributed by atoms with Crippen LogP contribution in [0.5, 0.6) is 11.6 Å². The molecule has 0 aromatic carbocycles. The molecule has 2 N–H and O–H groups in total. The molecule has 0 aliphatic heterocycles. The molecule has 0 atom stereocenters.